The molecule has 0 bridgehead atoms. The summed E-state index contributed by atoms with van der Waals surface area (Å²) < 4.78 is 11.3. The Morgan fingerprint density at radius 1 is 1.50 bits per heavy atom. The highest BCUT2D eigenvalue weighted by atomic mass is 35.5. The lowest BCUT2D eigenvalue weighted by Gasteiger charge is -2.35. The Kier molecular flexibility index (Phi) is 3.02. The van der Waals surface area contributed by atoms with Gasteiger partial charge in [-0.1, -0.05) is 0 Å². The Morgan fingerprint density at radius 2 is 2.25 bits per heavy atom. The van der Waals surface area contributed by atoms with E-state index in [-0.39, 0.29) is 11.0 Å². The van der Waals surface area contributed by atoms with Gasteiger partial charge in [0.25, 0.3) is 0 Å². The molecule has 3 heteroatoms. The third kappa shape index (κ3) is 2.27. The molecule has 2 rings (SSSR count). The standard InChI is InChI=1S/C13H17ClO2/c1-4-15-9-5-6-12-10(7-9)11(14)8-13(2,3)16-12/h5-7,11H,4,8H2,1-3H3. The predicted molar refractivity (Wildman–Crippen MR) is 65.5 cm³/mol. The lowest BCUT2D eigenvalue weighted by molar-refractivity contribution is 0.0823. The molecule has 0 spiro atoms. The van der Waals surface area contributed by atoms with Crippen molar-refractivity contribution in [3.05, 3.63) is 23.8 Å². The molecule has 1 heterocycles. The molecule has 88 valence electrons. The molecule has 0 saturated carbocycles. The highest BCUT2D eigenvalue weighted by Gasteiger charge is 2.32. The quantitative estimate of drug-likeness (QED) is 0.730. The molecule has 0 aromatic heterocycles. The Hall–Kier alpha value is -0.890. The van der Waals surface area contributed by atoms with Gasteiger partial charge in [0.1, 0.15) is 17.1 Å². The van der Waals surface area contributed by atoms with Gasteiger partial charge in [0, 0.05) is 12.0 Å². The maximum Gasteiger partial charge on any atom is 0.125 e. The molecule has 0 amide bonds. The maximum atomic E-state index is 6.37. The van der Waals surface area contributed by atoms with Crippen molar-refractivity contribution in [2.24, 2.45) is 0 Å². The van der Waals surface area contributed by atoms with E-state index in [9.17, 15) is 0 Å². The lowest BCUT2D eigenvalue weighted by atomic mass is 9.94. The third-order valence-electron chi connectivity index (χ3n) is 2.69. The number of ether oxygens (including phenoxy) is 2. The number of hydrogen-bond acceptors (Lipinski definition) is 2. The zero-order chi connectivity index (χ0) is 11.8. The second-order valence-corrected chi connectivity index (χ2v) is 5.19. The lowest BCUT2D eigenvalue weighted by Crippen LogP contribution is -2.33. The molecule has 1 aromatic rings. The number of benzene rings is 1. The number of hydrogen-bond donors (Lipinski definition) is 0. The van der Waals surface area contributed by atoms with Crippen LogP contribution in [0.25, 0.3) is 0 Å². The Morgan fingerprint density at radius 3 is 2.94 bits per heavy atom. The molecular weight excluding hydrogens is 224 g/mol. The average Bonchev–Trinajstić information content (AvgIpc) is 2.18. The summed E-state index contributed by atoms with van der Waals surface area (Å²) in [6.07, 6.45) is 0.817. The van der Waals surface area contributed by atoms with Gasteiger partial charge in [0.2, 0.25) is 0 Å². The normalized spacial score (nSPS) is 22.1. The van der Waals surface area contributed by atoms with Gasteiger partial charge in [-0.2, -0.15) is 0 Å². The first-order valence-corrected chi connectivity index (χ1v) is 6.05. The topological polar surface area (TPSA) is 18.5 Å². The highest BCUT2D eigenvalue weighted by molar-refractivity contribution is 6.21. The van der Waals surface area contributed by atoms with Crippen molar-refractivity contribution in [2.75, 3.05) is 6.61 Å². The van der Waals surface area contributed by atoms with Crippen molar-refractivity contribution in [3.63, 3.8) is 0 Å². The molecule has 0 saturated heterocycles. The van der Waals surface area contributed by atoms with Gasteiger partial charge < -0.3 is 9.47 Å². The van der Waals surface area contributed by atoms with E-state index in [4.69, 9.17) is 21.1 Å². The van der Waals surface area contributed by atoms with Crippen LogP contribution >= 0.6 is 11.6 Å². The fourth-order valence-corrected chi connectivity index (χ4v) is 2.54. The minimum Gasteiger partial charge on any atom is -0.494 e. The Balaban J connectivity index is 2.33. The SMILES string of the molecule is CCOc1ccc2c(c1)C(Cl)CC(C)(C)O2. The number of alkyl halides is 1. The molecule has 2 nitrogen and oxygen atoms in total. The van der Waals surface area contributed by atoms with Crippen LogP contribution in [0.2, 0.25) is 0 Å². The minimum atomic E-state index is -0.188. The summed E-state index contributed by atoms with van der Waals surface area (Å²) in [5.41, 5.74) is 0.846. The van der Waals surface area contributed by atoms with E-state index in [1.807, 2.05) is 25.1 Å². The molecule has 1 aliphatic heterocycles. The van der Waals surface area contributed by atoms with E-state index in [0.717, 1.165) is 23.5 Å². The molecular formula is C13H17ClO2. The molecule has 0 aliphatic carbocycles. The smallest absolute Gasteiger partial charge is 0.125 e. The predicted octanol–water partition coefficient (Wildman–Crippen LogP) is 3.93. The molecule has 0 fully saturated rings. The summed E-state index contributed by atoms with van der Waals surface area (Å²) in [5, 5.41) is -0.000781. The van der Waals surface area contributed by atoms with E-state index < -0.39 is 0 Å². The summed E-state index contributed by atoms with van der Waals surface area (Å²) in [6.45, 7) is 6.75. The molecule has 16 heavy (non-hydrogen) atoms. The van der Waals surface area contributed by atoms with Gasteiger partial charge in [-0.25, -0.2) is 0 Å². The Labute approximate surface area is 102 Å². The summed E-state index contributed by atoms with van der Waals surface area (Å²) in [4.78, 5) is 0. The van der Waals surface area contributed by atoms with Crippen molar-refractivity contribution in [3.8, 4) is 11.5 Å². The summed E-state index contributed by atoms with van der Waals surface area (Å²) in [5.74, 6) is 1.73. The minimum absolute atomic E-state index is 0.000781. The van der Waals surface area contributed by atoms with Crippen LogP contribution in [0.15, 0.2) is 18.2 Å². The first kappa shape index (κ1) is 11.6. The van der Waals surface area contributed by atoms with E-state index in [2.05, 4.69) is 13.8 Å². The van der Waals surface area contributed by atoms with Gasteiger partial charge in [-0.15, -0.1) is 11.6 Å². The second-order valence-electron chi connectivity index (χ2n) is 4.67. The molecule has 1 aliphatic rings. The molecule has 0 radical (unpaired) electrons. The third-order valence-corrected chi connectivity index (χ3v) is 3.08. The van der Waals surface area contributed by atoms with Crippen molar-refractivity contribution < 1.29 is 9.47 Å². The van der Waals surface area contributed by atoms with Gasteiger partial charge >= 0.3 is 0 Å². The number of rotatable bonds is 2. The van der Waals surface area contributed by atoms with Crippen molar-refractivity contribution >= 4 is 11.6 Å². The monoisotopic (exact) mass is 240 g/mol. The second kappa shape index (κ2) is 4.17. The molecule has 1 aromatic carbocycles. The first-order valence-electron chi connectivity index (χ1n) is 5.61. The van der Waals surface area contributed by atoms with Gasteiger partial charge in [0.15, 0.2) is 0 Å². The summed E-state index contributed by atoms with van der Waals surface area (Å²) in [6, 6.07) is 5.84. The fourth-order valence-electron chi connectivity index (χ4n) is 2.00. The van der Waals surface area contributed by atoms with Crippen molar-refractivity contribution in [1.29, 1.82) is 0 Å². The fraction of sp³-hybridized carbons (Fsp3) is 0.538. The van der Waals surface area contributed by atoms with Gasteiger partial charge in [-0.3, -0.25) is 0 Å². The number of halogens is 1. The highest BCUT2D eigenvalue weighted by Crippen LogP contribution is 2.44. The van der Waals surface area contributed by atoms with Crippen LogP contribution in [0.4, 0.5) is 0 Å². The van der Waals surface area contributed by atoms with Gasteiger partial charge in [-0.05, 0) is 39.0 Å². The Bertz CT molecular complexity index is 388. The van der Waals surface area contributed by atoms with Crippen LogP contribution in [-0.4, -0.2) is 12.2 Å². The van der Waals surface area contributed by atoms with E-state index in [1.165, 1.54) is 0 Å². The first-order chi connectivity index (χ1) is 7.52. The zero-order valence-corrected chi connectivity index (χ0v) is 10.7. The largest absolute Gasteiger partial charge is 0.494 e. The van der Waals surface area contributed by atoms with E-state index in [1.54, 1.807) is 0 Å². The molecule has 1 unspecified atom stereocenters. The van der Waals surface area contributed by atoms with E-state index >= 15 is 0 Å². The van der Waals surface area contributed by atoms with Crippen LogP contribution < -0.4 is 9.47 Å². The zero-order valence-electron chi connectivity index (χ0n) is 9.92. The van der Waals surface area contributed by atoms with Crippen LogP contribution in [-0.2, 0) is 0 Å². The van der Waals surface area contributed by atoms with Crippen LogP contribution in [0.1, 0.15) is 38.1 Å². The van der Waals surface area contributed by atoms with Crippen molar-refractivity contribution in [1.82, 2.24) is 0 Å². The summed E-state index contributed by atoms with van der Waals surface area (Å²) >= 11 is 6.37. The van der Waals surface area contributed by atoms with Gasteiger partial charge in [0.05, 0.1) is 12.0 Å². The average molecular weight is 241 g/mol. The van der Waals surface area contributed by atoms with E-state index in [0.29, 0.717) is 6.61 Å². The maximum absolute atomic E-state index is 6.37. The van der Waals surface area contributed by atoms with Crippen LogP contribution in [0, 0.1) is 0 Å². The van der Waals surface area contributed by atoms with Crippen LogP contribution in [0.3, 0.4) is 0 Å². The summed E-state index contributed by atoms with van der Waals surface area (Å²) in [7, 11) is 0. The molecule has 0 N–H and O–H groups in total. The number of fused-ring (bicyclic) bond motifs is 1. The molecule has 1 atom stereocenters. The van der Waals surface area contributed by atoms with Crippen molar-refractivity contribution in [2.45, 2.75) is 38.2 Å². The van der Waals surface area contributed by atoms with Crippen LogP contribution in [0.5, 0.6) is 11.5 Å².